The smallest absolute Gasteiger partial charge is 0.237 e. The number of amides is 1. The molecule has 0 saturated carbocycles. The minimum Gasteiger partial charge on any atom is -0.399 e. The summed E-state index contributed by atoms with van der Waals surface area (Å²) in [5.41, 5.74) is 5.67. The van der Waals surface area contributed by atoms with E-state index in [-0.39, 0.29) is 5.69 Å². The normalized spacial score (nSPS) is 11.9. The number of halogens is 2. The van der Waals surface area contributed by atoms with Gasteiger partial charge in [-0.3, -0.25) is 9.00 Å². The van der Waals surface area contributed by atoms with E-state index in [1.165, 1.54) is 0 Å². The molecule has 0 spiro atoms. The number of benzene rings is 2. The SMILES string of the molecule is Nc1cc(F)c(S(=O)CC(=O)Nc2ccccc2)c(F)c1. The molecule has 0 aliphatic heterocycles. The van der Waals surface area contributed by atoms with Gasteiger partial charge in [0.25, 0.3) is 0 Å². The number of hydrogen-bond donors (Lipinski definition) is 2. The van der Waals surface area contributed by atoms with Crippen LogP contribution in [-0.4, -0.2) is 15.9 Å². The van der Waals surface area contributed by atoms with E-state index < -0.39 is 39.0 Å². The Balaban J connectivity index is 2.10. The van der Waals surface area contributed by atoms with E-state index in [9.17, 15) is 17.8 Å². The highest BCUT2D eigenvalue weighted by Crippen LogP contribution is 2.20. The number of rotatable bonds is 4. The third kappa shape index (κ3) is 3.85. The number of nitrogens with one attached hydrogen (secondary N) is 1. The van der Waals surface area contributed by atoms with Crippen molar-refractivity contribution in [1.29, 1.82) is 0 Å². The van der Waals surface area contributed by atoms with Gasteiger partial charge in [-0.1, -0.05) is 18.2 Å². The molecule has 2 aromatic rings. The lowest BCUT2D eigenvalue weighted by Crippen LogP contribution is -2.20. The quantitative estimate of drug-likeness (QED) is 0.851. The Hall–Kier alpha value is -2.28. The summed E-state index contributed by atoms with van der Waals surface area (Å²) in [7, 11) is -2.14. The number of nitrogens with two attached hydrogens (primary N) is 1. The maximum atomic E-state index is 13.6. The Morgan fingerprint density at radius 2 is 1.71 bits per heavy atom. The van der Waals surface area contributed by atoms with E-state index in [0.717, 1.165) is 12.1 Å². The lowest BCUT2D eigenvalue weighted by Gasteiger charge is -2.07. The Kier molecular flexibility index (Phi) is 4.64. The Morgan fingerprint density at radius 3 is 2.29 bits per heavy atom. The molecular weight excluding hydrogens is 298 g/mol. The Bertz CT molecular complexity index is 670. The van der Waals surface area contributed by atoms with Crippen LogP contribution >= 0.6 is 0 Å². The number of hydrogen-bond acceptors (Lipinski definition) is 3. The summed E-state index contributed by atoms with van der Waals surface area (Å²) < 4.78 is 39.1. The first-order chi connectivity index (χ1) is 9.97. The van der Waals surface area contributed by atoms with E-state index in [1.54, 1.807) is 30.3 Å². The second-order valence-electron chi connectivity index (χ2n) is 4.22. The fourth-order valence-electron chi connectivity index (χ4n) is 1.71. The zero-order chi connectivity index (χ0) is 15.4. The van der Waals surface area contributed by atoms with Gasteiger partial charge in [0.2, 0.25) is 5.91 Å². The van der Waals surface area contributed by atoms with Crippen LogP contribution in [0.5, 0.6) is 0 Å². The molecule has 110 valence electrons. The van der Waals surface area contributed by atoms with Gasteiger partial charge in [-0.15, -0.1) is 0 Å². The second kappa shape index (κ2) is 6.45. The molecule has 3 N–H and O–H groups in total. The van der Waals surface area contributed by atoms with Crippen LogP contribution < -0.4 is 11.1 Å². The fourth-order valence-corrected chi connectivity index (χ4v) is 2.71. The number of nitrogen functional groups attached to an aromatic ring is 1. The molecule has 0 aliphatic carbocycles. The van der Waals surface area contributed by atoms with E-state index in [2.05, 4.69) is 5.32 Å². The molecule has 0 aromatic heterocycles. The summed E-state index contributed by atoms with van der Waals surface area (Å²) in [6.07, 6.45) is 0. The molecule has 4 nitrogen and oxygen atoms in total. The molecular formula is C14H12F2N2O2S. The number of anilines is 2. The van der Waals surface area contributed by atoms with Crippen LogP contribution in [0, 0.1) is 11.6 Å². The zero-order valence-corrected chi connectivity index (χ0v) is 11.6. The summed E-state index contributed by atoms with van der Waals surface area (Å²) in [5, 5.41) is 2.49. The predicted octanol–water partition coefficient (Wildman–Crippen LogP) is 2.29. The molecule has 0 aliphatic rings. The van der Waals surface area contributed by atoms with Gasteiger partial charge < -0.3 is 11.1 Å². The average molecular weight is 310 g/mol. The molecule has 0 fully saturated rings. The number of carbonyl (C=O) groups is 1. The monoisotopic (exact) mass is 310 g/mol. The minimum atomic E-state index is -2.14. The molecule has 1 amide bonds. The van der Waals surface area contributed by atoms with Gasteiger partial charge in [-0.2, -0.15) is 0 Å². The number of carbonyl (C=O) groups excluding carboxylic acids is 1. The molecule has 0 bridgehead atoms. The van der Waals surface area contributed by atoms with E-state index in [0.29, 0.717) is 5.69 Å². The first-order valence-electron chi connectivity index (χ1n) is 5.95. The Morgan fingerprint density at radius 1 is 1.14 bits per heavy atom. The largest absolute Gasteiger partial charge is 0.399 e. The van der Waals surface area contributed by atoms with Crippen molar-refractivity contribution in [3.05, 3.63) is 54.1 Å². The van der Waals surface area contributed by atoms with E-state index in [1.807, 2.05) is 0 Å². The van der Waals surface area contributed by atoms with Crippen molar-refractivity contribution in [2.75, 3.05) is 16.8 Å². The van der Waals surface area contributed by atoms with Crippen molar-refractivity contribution in [2.45, 2.75) is 4.90 Å². The van der Waals surface area contributed by atoms with Crippen LogP contribution in [0.25, 0.3) is 0 Å². The van der Waals surface area contributed by atoms with Crippen molar-refractivity contribution in [2.24, 2.45) is 0 Å². The molecule has 7 heteroatoms. The molecule has 2 aromatic carbocycles. The van der Waals surface area contributed by atoms with Crippen LogP contribution in [-0.2, 0) is 15.6 Å². The standard InChI is InChI=1S/C14H12F2N2O2S/c15-11-6-9(17)7-12(16)14(11)21(20)8-13(19)18-10-4-2-1-3-5-10/h1-7H,8,17H2,(H,18,19). The summed E-state index contributed by atoms with van der Waals surface area (Å²) in [6, 6.07) is 10.2. The first kappa shape index (κ1) is 15.1. The molecule has 0 radical (unpaired) electrons. The minimum absolute atomic E-state index is 0.112. The van der Waals surface area contributed by atoms with Crippen molar-refractivity contribution < 1.29 is 17.8 Å². The van der Waals surface area contributed by atoms with Crippen molar-refractivity contribution in [3.8, 4) is 0 Å². The lowest BCUT2D eigenvalue weighted by molar-refractivity contribution is -0.113. The van der Waals surface area contributed by atoms with Crippen molar-refractivity contribution in [1.82, 2.24) is 0 Å². The van der Waals surface area contributed by atoms with Gasteiger partial charge in [0, 0.05) is 11.4 Å². The predicted molar refractivity (Wildman–Crippen MR) is 77.1 cm³/mol. The number of para-hydroxylation sites is 1. The van der Waals surface area contributed by atoms with Crippen LogP contribution in [0.1, 0.15) is 0 Å². The highest BCUT2D eigenvalue weighted by molar-refractivity contribution is 7.85. The van der Waals surface area contributed by atoms with E-state index in [4.69, 9.17) is 5.73 Å². The second-order valence-corrected chi connectivity index (χ2v) is 5.61. The van der Waals surface area contributed by atoms with Crippen LogP contribution in [0.2, 0.25) is 0 Å². The van der Waals surface area contributed by atoms with Gasteiger partial charge in [-0.25, -0.2) is 8.78 Å². The van der Waals surface area contributed by atoms with Crippen molar-refractivity contribution in [3.63, 3.8) is 0 Å². The van der Waals surface area contributed by atoms with Gasteiger partial charge >= 0.3 is 0 Å². The summed E-state index contributed by atoms with van der Waals surface area (Å²) in [6.45, 7) is 0. The van der Waals surface area contributed by atoms with Crippen LogP contribution in [0.3, 0.4) is 0 Å². The molecule has 1 atom stereocenters. The fraction of sp³-hybridized carbons (Fsp3) is 0.0714. The maximum Gasteiger partial charge on any atom is 0.237 e. The van der Waals surface area contributed by atoms with Crippen LogP contribution in [0.15, 0.2) is 47.4 Å². The molecule has 1 unspecified atom stereocenters. The summed E-state index contributed by atoms with van der Waals surface area (Å²) in [4.78, 5) is 11.1. The third-order valence-corrected chi connectivity index (χ3v) is 3.94. The first-order valence-corrected chi connectivity index (χ1v) is 7.27. The summed E-state index contributed by atoms with van der Waals surface area (Å²) in [5.74, 6) is -3.21. The zero-order valence-electron chi connectivity index (χ0n) is 10.8. The van der Waals surface area contributed by atoms with Gasteiger partial charge in [0.1, 0.15) is 22.3 Å². The highest BCUT2D eigenvalue weighted by atomic mass is 32.2. The topological polar surface area (TPSA) is 72.2 Å². The molecule has 0 heterocycles. The molecule has 0 saturated heterocycles. The third-order valence-electron chi connectivity index (χ3n) is 2.57. The van der Waals surface area contributed by atoms with Crippen LogP contribution in [0.4, 0.5) is 20.2 Å². The maximum absolute atomic E-state index is 13.6. The average Bonchev–Trinajstić information content (AvgIpc) is 2.38. The van der Waals surface area contributed by atoms with Gasteiger partial charge in [0.15, 0.2) is 0 Å². The lowest BCUT2D eigenvalue weighted by atomic mass is 10.3. The Labute approximate surface area is 122 Å². The molecule has 2 rings (SSSR count). The van der Waals surface area contributed by atoms with Crippen molar-refractivity contribution >= 4 is 28.1 Å². The highest BCUT2D eigenvalue weighted by Gasteiger charge is 2.19. The summed E-state index contributed by atoms with van der Waals surface area (Å²) >= 11 is 0. The molecule has 21 heavy (non-hydrogen) atoms. The van der Waals surface area contributed by atoms with Gasteiger partial charge in [0.05, 0.1) is 10.8 Å². The van der Waals surface area contributed by atoms with Gasteiger partial charge in [-0.05, 0) is 24.3 Å². The van der Waals surface area contributed by atoms with E-state index >= 15 is 0 Å².